The van der Waals surface area contributed by atoms with Crippen LogP contribution in [-0.4, -0.2) is 43.5 Å². The van der Waals surface area contributed by atoms with Crippen molar-refractivity contribution >= 4 is 34.6 Å². The summed E-state index contributed by atoms with van der Waals surface area (Å²) in [5.74, 6) is -0.0524. The summed E-state index contributed by atoms with van der Waals surface area (Å²) < 4.78 is 0. The van der Waals surface area contributed by atoms with Gasteiger partial charge in [-0.25, -0.2) is 0 Å². The number of nitrogens with zero attached hydrogens (tertiary/aromatic N) is 2. The van der Waals surface area contributed by atoms with Gasteiger partial charge in [0.15, 0.2) is 0 Å². The van der Waals surface area contributed by atoms with Gasteiger partial charge in [0.05, 0.1) is 22.1 Å². The van der Waals surface area contributed by atoms with Crippen molar-refractivity contribution in [2.45, 2.75) is 20.3 Å². The van der Waals surface area contributed by atoms with E-state index in [0.29, 0.717) is 22.8 Å². The van der Waals surface area contributed by atoms with E-state index in [0.717, 1.165) is 38.4 Å². The smallest absolute Gasteiger partial charge is 0.224 e. The van der Waals surface area contributed by atoms with Gasteiger partial charge in [0, 0.05) is 32.6 Å². The fourth-order valence-corrected chi connectivity index (χ4v) is 2.71. The Hall–Kier alpha value is -1.46. The van der Waals surface area contributed by atoms with Crippen LogP contribution < -0.4 is 16.0 Å². The number of piperazine rings is 1. The second-order valence-corrected chi connectivity index (χ2v) is 5.62. The lowest BCUT2D eigenvalue weighted by molar-refractivity contribution is -0.115. The summed E-state index contributed by atoms with van der Waals surface area (Å²) >= 11 is 6.17. The Bertz CT molecular complexity index is 513. The van der Waals surface area contributed by atoms with Crippen LogP contribution in [0.4, 0.5) is 17.1 Å². The molecule has 0 radical (unpaired) electrons. The molecule has 1 aliphatic heterocycles. The highest BCUT2D eigenvalue weighted by Crippen LogP contribution is 2.34. The van der Waals surface area contributed by atoms with Crippen LogP contribution >= 0.6 is 11.6 Å². The standard InChI is InChI=1S/C15H23ClN4O/c1-3-15(21)18-13-10-14(12(17)9-11(13)16)20-7-5-19(4-2)6-8-20/h9-10H,3-8,17H2,1-2H3,(H,18,21). The number of nitrogens with one attached hydrogen (secondary N) is 1. The molecular formula is C15H23ClN4O. The first-order valence-corrected chi connectivity index (χ1v) is 7.79. The van der Waals surface area contributed by atoms with Crippen LogP contribution in [-0.2, 0) is 4.79 Å². The van der Waals surface area contributed by atoms with E-state index in [-0.39, 0.29) is 5.91 Å². The third-order valence-electron chi connectivity index (χ3n) is 3.87. The van der Waals surface area contributed by atoms with Crippen molar-refractivity contribution in [3.05, 3.63) is 17.2 Å². The summed E-state index contributed by atoms with van der Waals surface area (Å²) in [5.41, 5.74) is 8.33. The first kappa shape index (κ1) is 15.9. The summed E-state index contributed by atoms with van der Waals surface area (Å²) in [4.78, 5) is 16.2. The highest BCUT2D eigenvalue weighted by molar-refractivity contribution is 6.34. The highest BCUT2D eigenvalue weighted by Gasteiger charge is 2.19. The number of halogens is 1. The van der Waals surface area contributed by atoms with Crippen molar-refractivity contribution in [3.63, 3.8) is 0 Å². The number of nitrogen functional groups attached to an aromatic ring is 1. The van der Waals surface area contributed by atoms with Crippen molar-refractivity contribution in [1.29, 1.82) is 0 Å². The van der Waals surface area contributed by atoms with Crippen LogP contribution in [0.3, 0.4) is 0 Å². The number of hydrogen-bond donors (Lipinski definition) is 2. The second-order valence-electron chi connectivity index (χ2n) is 5.21. The monoisotopic (exact) mass is 310 g/mol. The van der Waals surface area contributed by atoms with Gasteiger partial charge < -0.3 is 20.9 Å². The molecule has 0 saturated carbocycles. The number of likely N-dealkylation sites (N-methyl/N-ethyl adjacent to an activating group) is 1. The molecule has 1 aromatic rings. The van der Waals surface area contributed by atoms with E-state index < -0.39 is 0 Å². The molecule has 0 aromatic heterocycles. The number of anilines is 3. The van der Waals surface area contributed by atoms with Crippen LogP contribution in [0.5, 0.6) is 0 Å². The van der Waals surface area contributed by atoms with Gasteiger partial charge in [-0.2, -0.15) is 0 Å². The zero-order valence-corrected chi connectivity index (χ0v) is 13.4. The van der Waals surface area contributed by atoms with E-state index in [4.69, 9.17) is 17.3 Å². The fourth-order valence-electron chi connectivity index (χ4n) is 2.49. The average molecular weight is 311 g/mol. The number of nitrogens with two attached hydrogens (primary N) is 1. The number of hydrogen-bond acceptors (Lipinski definition) is 4. The number of benzene rings is 1. The second kappa shape index (κ2) is 7.00. The van der Waals surface area contributed by atoms with Gasteiger partial charge in [-0.05, 0) is 18.7 Å². The molecule has 0 atom stereocenters. The summed E-state index contributed by atoms with van der Waals surface area (Å²) in [6, 6.07) is 3.60. The van der Waals surface area contributed by atoms with Crippen molar-refractivity contribution in [2.75, 3.05) is 48.7 Å². The van der Waals surface area contributed by atoms with Gasteiger partial charge in [0.1, 0.15) is 0 Å². The quantitative estimate of drug-likeness (QED) is 0.838. The Balaban J connectivity index is 2.19. The van der Waals surface area contributed by atoms with Gasteiger partial charge in [-0.15, -0.1) is 0 Å². The molecule has 5 nitrogen and oxygen atoms in total. The third-order valence-corrected chi connectivity index (χ3v) is 4.18. The minimum atomic E-state index is -0.0524. The Kier molecular flexibility index (Phi) is 5.31. The van der Waals surface area contributed by atoms with E-state index in [2.05, 4.69) is 22.0 Å². The summed E-state index contributed by atoms with van der Waals surface area (Å²) in [7, 11) is 0. The molecule has 2 rings (SSSR count). The van der Waals surface area contributed by atoms with Crippen LogP contribution in [0.15, 0.2) is 12.1 Å². The molecule has 0 bridgehead atoms. The lowest BCUT2D eigenvalue weighted by Crippen LogP contribution is -2.46. The lowest BCUT2D eigenvalue weighted by atomic mass is 10.2. The van der Waals surface area contributed by atoms with Gasteiger partial charge in [0.25, 0.3) is 0 Å². The normalized spacial score (nSPS) is 16.0. The van der Waals surface area contributed by atoms with Gasteiger partial charge in [-0.3, -0.25) is 4.79 Å². The predicted molar refractivity (Wildman–Crippen MR) is 89.1 cm³/mol. The number of carbonyl (C=O) groups excluding carboxylic acids is 1. The van der Waals surface area contributed by atoms with Gasteiger partial charge in [0.2, 0.25) is 5.91 Å². The molecule has 1 aliphatic rings. The molecule has 1 aromatic carbocycles. The molecule has 1 heterocycles. The van der Waals surface area contributed by atoms with Crippen LogP contribution in [0.2, 0.25) is 5.02 Å². The van der Waals surface area contributed by atoms with E-state index in [9.17, 15) is 4.79 Å². The molecule has 3 N–H and O–H groups in total. The first-order chi connectivity index (χ1) is 10.0. The van der Waals surface area contributed by atoms with E-state index in [1.807, 2.05) is 13.0 Å². The van der Waals surface area contributed by atoms with Gasteiger partial charge >= 0.3 is 0 Å². The molecule has 0 spiro atoms. The van der Waals surface area contributed by atoms with Crippen molar-refractivity contribution < 1.29 is 4.79 Å². The maximum absolute atomic E-state index is 11.6. The van der Waals surface area contributed by atoms with E-state index in [1.54, 1.807) is 6.07 Å². The maximum atomic E-state index is 11.6. The minimum absolute atomic E-state index is 0.0524. The zero-order chi connectivity index (χ0) is 15.4. The third kappa shape index (κ3) is 3.80. The van der Waals surface area contributed by atoms with E-state index in [1.165, 1.54) is 0 Å². The molecule has 116 valence electrons. The molecule has 1 amide bonds. The minimum Gasteiger partial charge on any atom is -0.397 e. The number of rotatable bonds is 4. The Morgan fingerprint density at radius 2 is 1.95 bits per heavy atom. The van der Waals surface area contributed by atoms with Gasteiger partial charge in [-0.1, -0.05) is 25.4 Å². The molecule has 1 fully saturated rings. The molecule has 0 aliphatic carbocycles. The number of carbonyl (C=O) groups is 1. The van der Waals surface area contributed by atoms with Crippen LogP contribution in [0.25, 0.3) is 0 Å². The molecule has 21 heavy (non-hydrogen) atoms. The SMILES string of the molecule is CCC(=O)Nc1cc(N2CCN(CC)CC2)c(N)cc1Cl. The lowest BCUT2D eigenvalue weighted by Gasteiger charge is -2.36. The Labute approximate surface area is 131 Å². The van der Waals surface area contributed by atoms with Crippen LogP contribution in [0.1, 0.15) is 20.3 Å². The summed E-state index contributed by atoms with van der Waals surface area (Å²) in [6.45, 7) is 8.96. The Morgan fingerprint density at radius 3 is 2.52 bits per heavy atom. The van der Waals surface area contributed by atoms with Crippen molar-refractivity contribution in [2.24, 2.45) is 0 Å². The van der Waals surface area contributed by atoms with Crippen molar-refractivity contribution in [3.8, 4) is 0 Å². The number of amides is 1. The fraction of sp³-hybridized carbons (Fsp3) is 0.533. The topological polar surface area (TPSA) is 61.6 Å². The molecule has 1 saturated heterocycles. The summed E-state index contributed by atoms with van der Waals surface area (Å²) in [6.07, 6.45) is 0.422. The molecule has 6 heteroatoms. The maximum Gasteiger partial charge on any atom is 0.224 e. The highest BCUT2D eigenvalue weighted by atomic mass is 35.5. The zero-order valence-electron chi connectivity index (χ0n) is 12.7. The first-order valence-electron chi connectivity index (χ1n) is 7.41. The van der Waals surface area contributed by atoms with Crippen molar-refractivity contribution in [1.82, 2.24) is 4.90 Å². The molecule has 0 unspecified atom stereocenters. The van der Waals surface area contributed by atoms with Crippen LogP contribution in [0, 0.1) is 0 Å². The average Bonchev–Trinajstić information content (AvgIpc) is 2.50. The summed E-state index contributed by atoms with van der Waals surface area (Å²) in [5, 5.41) is 3.30. The van der Waals surface area contributed by atoms with E-state index >= 15 is 0 Å². The predicted octanol–water partition coefficient (Wildman–Crippen LogP) is 2.41. The largest absolute Gasteiger partial charge is 0.397 e. The molecular weight excluding hydrogens is 288 g/mol. The Morgan fingerprint density at radius 1 is 1.29 bits per heavy atom.